The van der Waals surface area contributed by atoms with Crippen LogP contribution in [-0.4, -0.2) is 78.1 Å². The van der Waals surface area contributed by atoms with Crippen LogP contribution in [0.25, 0.3) is 10.9 Å². The summed E-state index contributed by atoms with van der Waals surface area (Å²) in [5.41, 5.74) is 1.99. The number of nitrogens with zero attached hydrogens (tertiary/aromatic N) is 3. The van der Waals surface area contributed by atoms with Crippen molar-refractivity contribution in [3.8, 4) is 0 Å². The average molecular weight is 446 g/mol. The number of likely N-dealkylation sites (N-methyl/N-ethyl adjacent to an activating group) is 1. The normalized spacial score (nSPS) is 21.3. The van der Waals surface area contributed by atoms with E-state index in [1.165, 1.54) is 7.05 Å². The van der Waals surface area contributed by atoms with Crippen LogP contribution in [0.2, 0.25) is 0 Å². The standard InChI is InChI=1S/C20H23N5O5S/c1-24-19(28)17(26)16(23-20(24)25-10-4-5-11-31(25,29)30)18(27)21-9-8-13-12-22-15-7-3-2-6-14(13)15/h2-3,6-7,12,16,22H,4-5,8-11H2,1H3,(H,21,27). The highest BCUT2D eigenvalue weighted by Crippen LogP contribution is 2.20. The Labute approximate surface area is 179 Å². The SMILES string of the molecule is CN1C(=O)C(=O)C(C(=O)NCCc2c[nH]c3ccccc23)N=C1N1CCCCS1(=O)=O. The van der Waals surface area contributed by atoms with Gasteiger partial charge >= 0.3 is 0 Å². The maximum atomic E-state index is 12.7. The van der Waals surface area contributed by atoms with Crippen LogP contribution in [0.15, 0.2) is 35.5 Å². The van der Waals surface area contributed by atoms with Crippen molar-refractivity contribution >= 4 is 44.5 Å². The summed E-state index contributed by atoms with van der Waals surface area (Å²) in [6.07, 6.45) is 3.50. The summed E-state index contributed by atoms with van der Waals surface area (Å²) >= 11 is 0. The first-order valence-corrected chi connectivity index (χ1v) is 11.6. The van der Waals surface area contributed by atoms with Crippen LogP contribution in [0.3, 0.4) is 0 Å². The number of guanidine groups is 1. The molecule has 1 fully saturated rings. The van der Waals surface area contributed by atoms with Gasteiger partial charge in [0.2, 0.25) is 16.0 Å². The van der Waals surface area contributed by atoms with Crippen molar-refractivity contribution in [3.63, 3.8) is 0 Å². The number of Topliss-reactive ketones (excluding diaryl/α,β-unsaturated/α-hetero) is 1. The van der Waals surface area contributed by atoms with E-state index in [1.54, 1.807) is 0 Å². The highest BCUT2D eigenvalue weighted by Gasteiger charge is 2.43. The summed E-state index contributed by atoms with van der Waals surface area (Å²) in [4.78, 5) is 45.6. The van der Waals surface area contributed by atoms with Gasteiger partial charge < -0.3 is 10.3 Å². The molecule has 0 saturated carbocycles. The topological polar surface area (TPSA) is 132 Å². The van der Waals surface area contributed by atoms with Crippen molar-refractivity contribution in [3.05, 3.63) is 36.0 Å². The molecule has 2 aromatic rings. The van der Waals surface area contributed by atoms with Crippen LogP contribution < -0.4 is 5.32 Å². The molecule has 164 valence electrons. The molecule has 0 aliphatic carbocycles. The van der Waals surface area contributed by atoms with Crippen molar-refractivity contribution in [1.29, 1.82) is 0 Å². The van der Waals surface area contributed by atoms with Crippen molar-refractivity contribution < 1.29 is 22.8 Å². The van der Waals surface area contributed by atoms with Gasteiger partial charge in [0.25, 0.3) is 17.6 Å². The first kappa shape index (κ1) is 21.0. The molecule has 1 aromatic carbocycles. The van der Waals surface area contributed by atoms with E-state index in [2.05, 4.69) is 15.3 Å². The van der Waals surface area contributed by atoms with Gasteiger partial charge in [0.15, 0.2) is 6.04 Å². The fourth-order valence-corrected chi connectivity index (χ4v) is 5.43. The molecule has 2 aliphatic rings. The van der Waals surface area contributed by atoms with Crippen LogP contribution in [-0.2, 0) is 30.8 Å². The number of ketones is 1. The smallest absolute Gasteiger partial charge is 0.299 e. The van der Waals surface area contributed by atoms with Gasteiger partial charge in [0.1, 0.15) is 0 Å². The average Bonchev–Trinajstić information content (AvgIpc) is 3.16. The highest BCUT2D eigenvalue weighted by molar-refractivity contribution is 7.89. The van der Waals surface area contributed by atoms with E-state index >= 15 is 0 Å². The molecule has 1 atom stereocenters. The molecular formula is C20H23N5O5S. The molecule has 1 aromatic heterocycles. The lowest BCUT2D eigenvalue weighted by Crippen LogP contribution is -2.59. The highest BCUT2D eigenvalue weighted by atomic mass is 32.2. The number of hydrogen-bond donors (Lipinski definition) is 2. The van der Waals surface area contributed by atoms with Crippen molar-refractivity contribution in [1.82, 2.24) is 19.5 Å². The van der Waals surface area contributed by atoms with Crippen LogP contribution in [0.1, 0.15) is 18.4 Å². The third kappa shape index (κ3) is 3.92. The molecule has 2 amide bonds. The quantitative estimate of drug-likeness (QED) is 0.506. The van der Waals surface area contributed by atoms with E-state index in [1.807, 2.05) is 30.5 Å². The molecule has 10 nitrogen and oxygen atoms in total. The van der Waals surface area contributed by atoms with Crippen LogP contribution in [0, 0.1) is 0 Å². The predicted molar refractivity (Wildman–Crippen MR) is 114 cm³/mol. The first-order valence-electron chi connectivity index (χ1n) is 10.0. The number of nitrogens with one attached hydrogen (secondary N) is 2. The molecule has 31 heavy (non-hydrogen) atoms. The Bertz CT molecular complexity index is 1190. The molecule has 2 N–H and O–H groups in total. The lowest BCUT2D eigenvalue weighted by atomic mass is 10.1. The molecule has 0 bridgehead atoms. The predicted octanol–water partition coefficient (Wildman–Crippen LogP) is 0.0179. The lowest BCUT2D eigenvalue weighted by Gasteiger charge is -2.35. The van der Waals surface area contributed by atoms with Crippen LogP contribution in [0.4, 0.5) is 0 Å². The Morgan fingerprint density at radius 2 is 2.03 bits per heavy atom. The summed E-state index contributed by atoms with van der Waals surface area (Å²) in [6.45, 7) is 0.392. The number of aromatic nitrogens is 1. The summed E-state index contributed by atoms with van der Waals surface area (Å²) in [5, 5.41) is 3.69. The summed E-state index contributed by atoms with van der Waals surface area (Å²) in [5.74, 6) is -2.91. The lowest BCUT2D eigenvalue weighted by molar-refractivity contribution is -0.145. The number of sulfonamides is 1. The van der Waals surface area contributed by atoms with E-state index in [-0.39, 0.29) is 24.8 Å². The van der Waals surface area contributed by atoms with Gasteiger partial charge in [-0.05, 0) is 30.9 Å². The molecule has 2 aliphatic heterocycles. The van der Waals surface area contributed by atoms with E-state index in [4.69, 9.17) is 0 Å². The Kier molecular flexibility index (Phi) is 5.52. The number of benzene rings is 1. The zero-order chi connectivity index (χ0) is 22.2. The van der Waals surface area contributed by atoms with Gasteiger partial charge in [-0.3, -0.25) is 19.3 Å². The zero-order valence-corrected chi connectivity index (χ0v) is 17.8. The van der Waals surface area contributed by atoms with Gasteiger partial charge in [-0.25, -0.2) is 17.7 Å². The Hall–Kier alpha value is -3.21. The summed E-state index contributed by atoms with van der Waals surface area (Å²) in [7, 11) is -2.37. The minimum absolute atomic E-state index is 0.0660. The fraction of sp³-hybridized carbons (Fsp3) is 0.400. The number of fused-ring (bicyclic) bond motifs is 1. The molecule has 3 heterocycles. The molecule has 0 radical (unpaired) electrons. The van der Waals surface area contributed by atoms with Gasteiger partial charge in [-0.2, -0.15) is 0 Å². The third-order valence-corrected chi connectivity index (χ3v) is 7.32. The maximum Gasteiger partial charge on any atom is 0.299 e. The van der Waals surface area contributed by atoms with Crippen molar-refractivity contribution in [2.45, 2.75) is 25.3 Å². The molecule has 1 saturated heterocycles. The Morgan fingerprint density at radius 1 is 1.26 bits per heavy atom. The minimum Gasteiger partial charge on any atom is -0.361 e. The number of carbonyl (C=O) groups is 3. The largest absolute Gasteiger partial charge is 0.361 e. The fourth-order valence-electron chi connectivity index (χ4n) is 3.81. The van der Waals surface area contributed by atoms with Gasteiger partial charge in [0.05, 0.1) is 5.75 Å². The van der Waals surface area contributed by atoms with Crippen molar-refractivity contribution in [2.24, 2.45) is 4.99 Å². The number of hydrogen-bond acceptors (Lipinski definition) is 6. The molecular weight excluding hydrogens is 422 g/mol. The van der Waals surface area contributed by atoms with Crippen molar-refractivity contribution in [2.75, 3.05) is 25.9 Å². The zero-order valence-electron chi connectivity index (χ0n) is 17.0. The minimum atomic E-state index is -3.65. The molecule has 11 heteroatoms. The number of para-hydroxylation sites is 1. The summed E-state index contributed by atoms with van der Waals surface area (Å²) < 4.78 is 25.9. The number of aromatic amines is 1. The first-order chi connectivity index (χ1) is 14.8. The summed E-state index contributed by atoms with van der Waals surface area (Å²) in [6, 6.07) is 6.17. The van der Waals surface area contributed by atoms with E-state index in [0.717, 1.165) is 25.7 Å². The van der Waals surface area contributed by atoms with Gasteiger partial charge in [-0.15, -0.1) is 0 Å². The second-order valence-corrected chi connectivity index (χ2v) is 9.57. The van der Waals surface area contributed by atoms with Crippen LogP contribution >= 0.6 is 0 Å². The molecule has 0 spiro atoms. The number of H-pyrrole nitrogens is 1. The number of aliphatic imine (C=N–C) groups is 1. The van der Waals surface area contributed by atoms with Gasteiger partial charge in [0, 0.05) is 37.2 Å². The second-order valence-electron chi connectivity index (χ2n) is 7.56. The monoisotopic (exact) mass is 445 g/mol. The third-order valence-electron chi connectivity index (χ3n) is 5.50. The second kappa shape index (κ2) is 8.14. The number of carbonyl (C=O) groups excluding carboxylic acids is 3. The maximum absolute atomic E-state index is 12.7. The Morgan fingerprint density at radius 3 is 2.81 bits per heavy atom. The van der Waals surface area contributed by atoms with Crippen LogP contribution in [0.5, 0.6) is 0 Å². The van der Waals surface area contributed by atoms with E-state index < -0.39 is 33.7 Å². The molecule has 1 unspecified atom stereocenters. The van der Waals surface area contributed by atoms with Gasteiger partial charge in [-0.1, -0.05) is 18.2 Å². The number of amides is 2. The number of rotatable bonds is 4. The Balaban J connectivity index is 1.50. The van der Waals surface area contributed by atoms with E-state index in [9.17, 15) is 22.8 Å². The molecule has 4 rings (SSSR count). The van der Waals surface area contributed by atoms with E-state index in [0.29, 0.717) is 19.3 Å².